The Labute approximate surface area is 109 Å². The highest BCUT2D eigenvalue weighted by atomic mass is 16.1. The topological polar surface area (TPSA) is 29.1 Å². The van der Waals surface area contributed by atoms with Crippen molar-refractivity contribution in [1.82, 2.24) is 0 Å². The molecule has 1 N–H and O–H groups in total. The van der Waals surface area contributed by atoms with Gasteiger partial charge in [0.25, 0.3) is 0 Å². The summed E-state index contributed by atoms with van der Waals surface area (Å²) in [6, 6.07) is 6.23. The predicted molar refractivity (Wildman–Crippen MR) is 73.5 cm³/mol. The van der Waals surface area contributed by atoms with Crippen molar-refractivity contribution in [2.75, 3.05) is 5.32 Å². The third-order valence-corrected chi connectivity index (χ3v) is 4.73. The molecule has 0 spiro atoms. The van der Waals surface area contributed by atoms with Gasteiger partial charge in [0.05, 0.1) is 0 Å². The zero-order chi connectivity index (χ0) is 12.7. The van der Waals surface area contributed by atoms with Crippen LogP contribution in [-0.4, -0.2) is 5.91 Å². The Balaban J connectivity index is 1.72. The molecule has 3 rings (SSSR count). The lowest BCUT2D eigenvalue weighted by atomic mass is 9.88. The van der Waals surface area contributed by atoms with Crippen molar-refractivity contribution in [3.63, 3.8) is 0 Å². The molecule has 2 aliphatic carbocycles. The molecule has 0 radical (unpaired) electrons. The number of nitrogens with one attached hydrogen (secondary N) is 1. The molecule has 3 atom stereocenters. The largest absolute Gasteiger partial charge is 0.326 e. The molecule has 0 unspecified atom stereocenters. The number of hydrogen-bond donors (Lipinski definition) is 1. The number of amides is 1. The highest BCUT2D eigenvalue weighted by Gasteiger charge is 2.43. The minimum absolute atomic E-state index is 0.246. The Kier molecular flexibility index (Phi) is 2.89. The minimum atomic E-state index is 0.246. The van der Waals surface area contributed by atoms with Crippen LogP contribution < -0.4 is 5.32 Å². The van der Waals surface area contributed by atoms with Gasteiger partial charge in [0.2, 0.25) is 5.91 Å². The summed E-state index contributed by atoms with van der Waals surface area (Å²) < 4.78 is 0. The Hall–Kier alpha value is -1.31. The number of carbonyl (C=O) groups excluding carboxylic acids is 1. The van der Waals surface area contributed by atoms with E-state index in [2.05, 4.69) is 37.4 Å². The van der Waals surface area contributed by atoms with Crippen molar-refractivity contribution in [1.29, 1.82) is 0 Å². The van der Waals surface area contributed by atoms with Crippen LogP contribution in [0.3, 0.4) is 0 Å². The molecule has 0 aliphatic heterocycles. The number of anilines is 1. The molecule has 2 nitrogen and oxygen atoms in total. The number of rotatable bonds is 2. The van der Waals surface area contributed by atoms with Gasteiger partial charge in [0.1, 0.15) is 0 Å². The maximum atomic E-state index is 12.4. The minimum Gasteiger partial charge on any atom is -0.326 e. The van der Waals surface area contributed by atoms with E-state index in [0.29, 0.717) is 5.92 Å². The van der Waals surface area contributed by atoms with Crippen LogP contribution in [0.2, 0.25) is 0 Å². The first-order valence-electron chi connectivity index (χ1n) is 7.01. The fourth-order valence-corrected chi connectivity index (χ4v) is 3.66. The van der Waals surface area contributed by atoms with Crippen LogP contribution in [0.25, 0.3) is 0 Å². The summed E-state index contributed by atoms with van der Waals surface area (Å²) in [5.41, 5.74) is 3.34. The van der Waals surface area contributed by atoms with Crippen molar-refractivity contribution in [3.8, 4) is 0 Å². The summed E-state index contributed by atoms with van der Waals surface area (Å²) in [5, 5.41) is 3.14. The predicted octanol–water partition coefficient (Wildman–Crippen LogP) is 3.68. The average Bonchev–Trinajstić information content (AvgIpc) is 2.96. The van der Waals surface area contributed by atoms with Gasteiger partial charge in [-0.15, -0.1) is 0 Å². The molecular weight excluding hydrogens is 222 g/mol. The molecular formula is C16H21NO. The molecule has 1 amide bonds. The van der Waals surface area contributed by atoms with Crippen LogP contribution in [0.15, 0.2) is 18.2 Å². The van der Waals surface area contributed by atoms with Crippen LogP contribution >= 0.6 is 0 Å². The van der Waals surface area contributed by atoms with Gasteiger partial charge in [-0.1, -0.05) is 18.6 Å². The first kappa shape index (κ1) is 11.8. The molecule has 2 fully saturated rings. The molecule has 2 saturated carbocycles. The molecule has 1 aromatic carbocycles. The molecule has 96 valence electrons. The molecule has 0 heterocycles. The number of aryl methyl sites for hydroxylation is 2. The third-order valence-electron chi connectivity index (χ3n) is 4.73. The second-order valence-electron chi connectivity index (χ2n) is 6.09. The Bertz CT molecular complexity index is 480. The van der Waals surface area contributed by atoms with Gasteiger partial charge in [0.15, 0.2) is 0 Å². The molecule has 2 aliphatic rings. The first-order valence-corrected chi connectivity index (χ1v) is 7.01. The fraction of sp³-hybridized carbons (Fsp3) is 0.562. The highest BCUT2D eigenvalue weighted by molar-refractivity contribution is 5.93. The quantitative estimate of drug-likeness (QED) is 0.843. The SMILES string of the molecule is Cc1ccc(C)c(NC(=O)[C@H]2C[C@H]3CC[C@H]2C3)c1. The zero-order valence-electron chi connectivity index (χ0n) is 11.2. The van der Waals surface area contributed by atoms with E-state index < -0.39 is 0 Å². The van der Waals surface area contributed by atoms with Crippen LogP contribution in [0.1, 0.15) is 36.8 Å². The lowest BCUT2D eigenvalue weighted by Gasteiger charge is -2.21. The van der Waals surface area contributed by atoms with Gasteiger partial charge in [-0.3, -0.25) is 4.79 Å². The molecule has 1 aromatic rings. The van der Waals surface area contributed by atoms with Crippen LogP contribution in [0, 0.1) is 31.6 Å². The van der Waals surface area contributed by atoms with Gasteiger partial charge in [0, 0.05) is 11.6 Å². The Morgan fingerprint density at radius 3 is 2.72 bits per heavy atom. The first-order chi connectivity index (χ1) is 8.63. The van der Waals surface area contributed by atoms with Crippen LogP contribution in [0.5, 0.6) is 0 Å². The van der Waals surface area contributed by atoms with Crippen molar-refractivity contribution in [2.24, 2.45) is 17.8 Å². The lowest BCUT2D eigenvalue weighted by molar-refractivity contribution is -0.121. The molecule has 2 heteroatoms. The number of fused-ring (bicyclic) bond motifs is 2. The van der Waals surface area contributed by atoms with Crippen molar-refractivity contribution < 1.29 is 4.79 Å². The summed E-state index contributed by atoms with van der Waals surface area (Å²) in [6.45, 7) is 4.11. The normalized spacial score (nSPS) is 29.6. The van der Waals surface area contributed by atoms with Crippen molar-refractivity contribution in [2.45, 2.75) is 39.5 Å². The standard InChI is InChI=1S/C16H21NO/c1-10-3-4-11(2)15(7-10)17-16(18)14-9-12-5-6-13(14)8-12/h3-4,7,12-14H,5-6,8-9H2,1-2H3,(H,17,18)/t12-,13-,14-/m0/s1. The second-order valence-corrected chi connectivity index (χ2v) is 6.09. The number of benzene rings is 1. The van der Waals surface area contributed by atoms with Gasteiger partial charge in [-0.2, -0.15) is 0 Å². The van der Waals surface area contributed by atoms with E-state index in [4.69, 9.17) is 0 Å². The van der Waals surface area contributed by atoms with E-state index in [-0.39, 0.29) is 11.8 Å². The molecule has 0 aromatic heterocycles. The van der Waals surface area contributed by atoms with E-state index in [1.165, 1.54) is 24.8 Å². The maximum Gasteiger partial charge on any atom is 0.227 e. The van der Waals surface area contributed by atoms with Crippen LogP contribution in [-0.2, 0) is 4.79 Å². The van der Waals surface area contributed by atoms with Gasteiger partial charge < -0.3 is 5.32 Å². The van der Waals surface area contributed by atoms with Crippen LogP contribution in [0.4, 0.5) is 5.69 Å². The van der Waals surface area contributed by atoms with E-state index in [1.807, 2.05) is 0 Å². The summed E-state index contributed by atoms with van der Waals surface area (Å²) in [6.07, 6.45) is 5.00. The molecule has 18 heavy (non-hydrogen) atoms. The Morgan fingerprint density at radius 2 is 2.06 bits per heavy atom. The molecule has 2 bridgehead atoms. The second kappa shape index (κ2) is 4.42. The molecule has 0 saturated heterocycles. The van der Waals surface area contributed by atoms with Gasteiger partial charge in [-0.05, 0) is 62.1 Å². The summed E-state index contributed by atoms with van der Waals surface area (Å²) in [5.74, 6) is 1.99. The van der Waals surface area contributed by atoms with E-state index in [1.54, 1.807) is 0 Å². The highest BCUT2D eigenvalue weighted by Crippen LogP contribution is 2.48. The number of hydrogen-bond acceptors (Lipinski definition) is 1. The summed E-state index contributed by atoms with van der Waals surface area (Å²) in [4.78, 5) is 12.4. The van der Waals surface area contributed by atoms with E-state index in [9.17, 15) is 4.79 Å². The van der Waals surface area contributed by atoms with E-state index >= 15 is 0 Å². The van der Waals surface area contributed by atoms with Gasteiger partial charge in [-0.25, -0.2) is 0 Å². The summed E-state index contributed by atoms with van der Waals surface area (Å²) in [7, 11) is 0. The van der Waals surface area contributed by atoms with Crippen molar-refractivity contribution >= 4 is 11.6 Å². The average molecular weight is 243 g/mol. The third kappa shape index (κ3) is 2.05. The summed E-state index contributed by atoms with van der Waals surface area (Å²) >= 11 is 0. The Morgan fingerprint density at radius 1 is 1.22 bits per heavy atom. The lowest BCUT2D eigenvalue weighted by Crippen LogP contribution is -2.27. The maximum absolute atomic E-state index is 12.4. The van der Waals surface area contributed by atoms with Gasteiger partial charge >= 0.3 is 0 Å². The smallest absolute Gasteiger partial charge is 0.227 e. The fourth-order valence-electron chi connectivity index (χ4n) is 3.66. The van der Waals surface area contributed by atoms with Crippen molar-refractivity contribution in [3.05, 3.63) is 29.3 Å². The van der Waals surface area contributed by atoms with E-state index in [0.717, 1.165) is 23.6 Å². The zero-order valence-corrected chi connectivity index (χ0v) is 11.2. The number of carbonyl (C=O) groups is 1. The monoisotopic (exact) mass is 243 g/mol.